The fourth-order valence-electron chi connectivity index (χ4n) is 1.83. The van der Waals surface area contributed by atoms with E-state index >= 15 is 0 Å². The average Bonchev–Trinajstić information content (AvgIpc) is 2.31. The Morgan fingerprint density at radius 1 is 1.32 bits per heavy atom. The van der Waals surface area contributed by atoms with E-state index in [9.17, 15) is 18.8 Å². The quantitative estimate of drug-likeness (QED) is 0.833. The first-order chi connectivity index (χ1) is 8.90. The van der Waals surface area contributed by atoms with Crippen molar-refractivity contribution in [1.82, 2.24) is 4.57 Å². The number of carbonyl (C=O) groups is 2. The number of aromatic nitrogens is 1. The molecule has 0 aliphatic carbocycles. The summed E-state index contributed by atoms with van der Waals surface area (Å²) >= 11 is 0. The van der Waals surface area contributed by atoms with Crippen LogP contribution in [0.15, 0.2) is 29.1 Å². The lowest BCUT2D eigenvalue weighted by molar-refractivity contribution is -0.118. The van der Waals surface area contributed by atoms with Crippen LogP contribution in [0, 0.1) is 5.82 Å². The molecular formula is C12H9FN2O4. The monoisotopic (exact) mass is 264 g/mol. The van der Waals surface area contributed by atoms with Crippen molar-refractivity contribution in [2.24, 2.45) is 5.73 Å². The number of nitrogens with two attached hydrogens (primary N) is 1. The first kappa shape index (κ1) is 12.7. The van der Waals surface area contributed by atoms with Gasteiger partial charge in [-0.05, 0) is 18.2 Å². The third-order valence-corrected chi connectivity index (χ3v) is 2.60. The van der Waals surface area contributed by atoms with Crippen molar-refractivity contribution >= 4 is 22.8 Å². The van der Waals surface area contributed by atoms with E-state index in [4.69, 9.17) is 10.8 Å². The Kier molecular flexibility index (Phi) is 3.04. The summed E-state index contributed by atoms with van der Waals surface area (Å²) in [5.74, 6) is -2.97. The number of benzene rings is 1. The maximum Gasteiger partial charge on any atom is 0.335 e. The molecular weight excluding hydrogens is 255 g/mol. The highest BCUT2D eigenvalue weighted by Gasteiger charge is 2.14. The fraction of sp³-hybridized carbons (Fsp3) is 0.0833. The van der Waals surface area contributed by atoms with Crippen LogP contribution in [0.5, 0.6) is 0 Å². The molecule has 0 saturated heterocycles. The van der Waals surface area contributed by atoms with Crippen molar-refractivity contribution in [2.45, 2.75) is 6.54 Å². The van der Waals surface area contributed by atoms with E-state index in [-0.39, 0.29) is 16.5 Å². The molecule has 19 heavy (non-hydrogen) atoms. The van der Waals surface area contributed by atoms with Gasteiger partial charge in [-0.2, -0.15) is 0 Å². The van der Waals surface area contributed by atoms with Gasteiger partial charge in [0.15, 0.2) is 0 Å². The summed E-state index contributed by atoms with van der Waals surface area (Å²) in [7, 11) is 0. The molecule has 3 N–H and O–H groups in total. The fourth-order valence-corrected chi connectivity index (χ4v) is 1.83. The van der Waals surface area contributed by atoms with Gasteiger partial charge >= 0.3 is 5.97 Å². The van der Waals surface area contributed by atoms with Gasteiger partial charge in [-0.3, -0.25) is 14.2 Å². The highest BCUT2D eigenvalue weighted by molar-refractivity contribution is 5.93. The average molecular weight is 264 g/mol. The SMILES string of the molecule is NC(=O)Cn1c(=O)ccc2cc(C(=O)O)cc(F)c21. The van der Waals surface area contributed by atoms with Gasteiger partial charge in [0.25, 0.3) is 5.56 Å². The number of primary amides is 1. The number of halogens is 1. The van der Waals surface area contributed by atoms with Crippen LogP contribution in [-0.4, -0.2) is 21.6 Å². The number of hydrogen-bond acceptors (Lipinski definition) is 3. The Morgan fingerprint density at radius 3 is 2.58 bits per heavy atom. The summed E-state index contributed by atoms with van der Waals surface area (Å²) < 4.78 is 14.8. The topological polar surface area (TPSA) is 102 Å². The summed E-state index contributed by atoms with van der Waals surface area (Å²) in [6.45, 7) is -0.473. The van der Waals surface area contributed by atoms with Crippen molar-refractivity contribution in [3.8, 4) is 0 Å². The molecule has 0 atom stereocenters. The number of pyridine rings is 1. The standard InChI is InChI=1S/C12H9FN2O4/c13-8-4-7(12(18)19)3-6-1-2-10(17)15(11(6)8)5-9(14)16/h1-4H,5H2,(H2,14,16)(H,18,19). The van der Waals surface area contributed by atoms with Crippen LogP contribution in [-0.2, 0) is 11.3 Å². The Labute approximate surface area is 105 Å². The highest BCUT2D eigenvalue weighted by Crippen LogP contribution is 2.19. The molecule has 0 radical (unpaired) electrons. The van der Waals surface area contributed by atoms with Gasteiger partial charge in [0.2, 0.25) is 5.91 Å². The number of fused-ring (bicyclic) bond motifs is 1. The number of carbonyl (C=O) groups excluding carboxylic acids is 1. The van der Waals surface area contributed by atoms with Gasteiger partial charge < -0.3 is 10.8 Å². The van der Waals surface area contributed by atoms with Gasteiger partial charge in [0.05, 0.1) is 11.1 Å². The third-order valence-electron chi connectivity index (χ3n) is 2.60. The summed E-state index contributed by atoms with van der Waals surface area (Å²) in [5.41, 5.74) is 4.02. The molecule has 1 heterocycles. The minimum Gasteiger partial charge on any atom is -0.478 e. The lowest BCUT2D eigenvalue weighted by Gasteiger charge is -2.09. The normalized spacial score (nSPS) is 10.6. The van der Waals surface area contributed by atoms with Crippen molar-refractivity contribution in [3.05, 3.63) is 46.0 Å². The van der Waals surface area contributed by atoms with Gasteiger partial charge in [0, 0.05) is 11.5 Å². The predicted molar refractivity (Wildman–Crippen MR) is 64.3 cm³/mol. The van der Waals surface area contributed by atoms with Crippen LogP contribution in [0.4, 0.5) is 4.39 Å². The molecule has 0 saturated carbocycles. The second-order valence-electron chi connectivity index (χ2n) is 3.93. The molecule has 0 aliphatic rings. The summed E-state index contributed by atoms with van der Waals surface area (Å²) in [6, 6.07) is 4.43. The molecule has 2 aromatic rings. The Morgan fingerprint density at radius 2 is 2.00 bits per heavy atom. The molecule has 1 aromatic carbocycles. The van der Waals surface area contributed by atoms with Crippen molar-refractivity contribution < 1.29 is 19.1 Å². The van der Waals surface area contributed by atoms with Crippen LogP contribution in [0.3, 0.4) is 0 Å². The van der Waals surface area contributed by atoms with Crippen molar-refractivity contribution in [2.75, 3.05) is 0 Å². The maximum atomic E-state index is 13.9. The first-order valence-corrected chi connectivity index (χ1v) is 5.25. The molecule has 1 amide bonds. The van der Waals surface area contributed by atoms with E-state index in [2.05, 4.69) is 0 Å². The minimum absolute atomic E-state index is 0.142. The van der Waals surface area contributed by atoms with Crippen LogP contribution in [0.25, 0.3) is 10.9 Å². The van der Waals surface area contributed by atoms with Crippen LogP contribution in [0.1, 0.15) is 10.4 Å². The van der Waals surface area contributed by atoms with Gasteiger partial charge in [-0.1, -0.05) is 0 Å². The number of amides is 1. The maximum absolute atomic E-state index is 13.9. The third kappa shape index (κ3) is 2.30. The lowest BCUT2D eigenvalue weighted by Crippen LogP contribution is -2.28. The molecule has 98 valence electrons. The van der Waals surface area contributed by atoms with Crippen LogP contribution in [0.2, 0.25) is 0 Å². The molecule has 0 aliphatic heterocycles. The summed E-state index contributed by atoms with van der Waals surface area (Å²) in [6.07, 6.45) is 0. The summed E-state index contributed by atoms with van der Waals surface area (Å²) in [4.78, 5) is 33.3. The van der Waals surface area contributed by atoms with Crippen molar-refractivity contribution in [3.63, 3.8) is 0 Å². The van der Waals surface area contributed by atoms with E-state index in [1.165, 1.54) is 12.1 Å². The Balaban J connectivity index is 2.82. The molecule has 2 rings (SSSR count). The molecule has 0 unspecified atom stereocenters. The molecule has 6 nitrogen and oxygen atoms in total. The zero-order chi connectivity index (χ0) is 14.2. The van der Waals surface area contributed by atoms with Gasteiger partial charge in [-0.15, -0.1) is 0 Å². The molecule has 0 bridgehead atoms. The van der Waals surface area contributed by atoms with E-state index in [0.29, 0.717) is 0 Å². The number of rotatable bonds is 3. The second-order valence-corrected chi connectivity index (χ2v) is 3.93. The Hall–Kier alpha value is -2.70. The van der Waals surface area contributed by atoms with E-state index < -0.39 is 29.8 Å². The minimum atomic E-state index is -1.28. The number of hydrogen-bond donors (Lipinski definition) is 2. The van der Waals surface area contributed by atoms with Crippen LogP contribution < -0.4 is 11.3 Å². The largest absolute Gasteiger partial charge is 0.478 e. The number of aromatic carboxylic acids is 1. The highest BCUT2D eigenvalue weighted by atomic mass is 19.1. The second kappa shape index (κ2) is 4.52. The summed E-state index contributed by atoms with van der Waals surface area (Å²) in [5, 5.41) is 9.04. The molecule has 0 fully saturated rings. The number of carboxylic acid groups (broad SMARTS) is 1. The zero-order valence-corrected chi connectivity index (χ0v) is 9.59. The van der Waals surface area contributed by atoms with Crippen LogP contribution >= 0.6 is 0 Å². The number of nitrogens with zero attached hydrogens (tertiary/aromatic N) is 1. The van der Waals surface area contributed by atoms with E-state index in [1.54, 1.807) is 0 Å². The van der Waals surface area contributed by atoms with Gasteiger partial charge in [-0.25, -0.2) is 9.18 Å². The predicted octanol–water partition coefficient (Wildman–Crippen LogP) is 0.324. The van der Waals surface area contributed by atoms with E-state index in [1.807, 2.05) is 0 Å². The van der Waals surface area contributed by atoms with Crippen molar-refractivity contribution in [1.29, 1.82) is 0 Å². The number of carboxylic acids is 1. The Bertz CT molecular complexity index is 751. The zero-order valence-electron chi connectivity index (χ0n) is 9.59. The molecule has 0 spiro atoms. The van der Waals surface area contributed by atoms with Gasteiger partial charge in [0.1, 0.15) is 12.4 Å². The first-order valence-electron chi connectivity index (χ1n) is 5.25. The smallest absolute Gasteiger partial charge is 0.335 e. The van der Waals surface area contributed by atoms with E-state index in [0.717, 1.165) is 16.7 Å². The molecule has 1 aromatic heterocycles. The molecule has 7 heteroatoms. The lowest BCUT2D eigenvalue weighted by atomic mass is 10.1.